The molecule has 5 nitrogen and oxygen atoms in total. The molecule has 2 aromatic rings. The number of halogens is 1. The van der Waals surface area contributed by atoms with Crippen LogP contribution in [-0.2, 0) is 9.59 Å². The highest BCUT2D eigenvalue weighted by Gasteiger charge is 2.26. The number of hydrazone groups is 1. The van der Waals surface area contributed by atoms with Crippen molar-refractivity contribution in [2.45, 2.75) is 19.8 Å². The van der Waals surface area contributed by atoms with Gasteiger partial charge in [-0.2, -0.15) is 5.10 Å². The summed E-state index contributed by atoms with van der Waals surface area (Å²) in [6.07, 6.45) is 0.597. The highest BCUT2D eigenvalue weighted by atomic mass is 79.9. The second-order valence-corrected chi connectivity index (χ2v) is 6.42. The van der Waals surface area contributed by atoms with E-state index in [0.29, 0.717) is 23.5 Å². The Morgan fingerprint density at radius 2 is 1.96 bits per heavy atom. The van der Waals surface area contributed by atoms with E-state index in [4.69, 9.17) is 0 Å². The van der Waals surface area contributed by atoms with Crippen LogP contribution in [0, 0.1) is 6.92 Å². The maximum atomic E-state index is 12.5. The number of carbonyl (C=O) groups excluding carboxylic acids is 2. The van der Waals surface area contributed by atoms with E-state index in [-0.39, 0.29) is 18.2 Å². The maximum absolute atomic E-state index is 12.5. The Labute approximate surface area is 148 Å². The first-order valence-corrected chi connectivity index (χ1v) is 8.37. The highest BCUT2D eigenvalue weighted by molar-refractivity contribution is 9.10. The molecule has 6 heteroatoms. The molecule has 0 aromatic heterocycles. The van der Waals surface area contributed by atoms with Crippen LogP contribution in [0.3, 0.4) is 0 Å². The molecule has 2 aromatic carbocycles. The summed E-state index contributed by atoms with van der Waals surface area (Å²) in [6.45, 7) is 1.91. The van der Waals surface area contributed by atoms with Gasteiger partial charge >= 0.3 is 0 Å². The summed E-state index contributed by atoms with van der Waals surface area (Å²) in [6, 6.07) is 14.8. The molecule has 0 aliphatic carbocycles. The molecule has 0 fully saturated rings. The summed E-state index contributed by atoms with van der Waals surface area (Å²) < 4.78 is 0.877. The summed E-state index contributed by atoms with van der Waals surface area (Å²) in [5.41, 5.74) is 2.66. The van der Waals surface area contributed by atoms with Crippen LogP contribution in [0.1, 0.15) is 18.4 Å². The van der Waals surface area contributed by atoms with Gasteiger partial charge in [-0.05, 0) is 36.8 Å². The Morgan fingerprint density at radius 1 is 1.17 bits per heavy atom. The standard InChI is InChI=1S/C18H16BrN3O2/c1-12-5-2-3-8-16(12)22-17(23)10-9-15(21-22)18(24)20-14-7-4-6-13(19)11-14/h2-8,11H,9-10H2,1H3,(H,20,24). The Kier molecular flexibility index (Phi) is 4.76. The molecule has 1 N–H and O–H groups in total. The van der Waals surface area contributed by atoms with Crippen LogP contribution in [0.15, 0.2) is 58.1 Å². The number of aryl methyl sites for hydroxylation is 1. The topological polar surface area (TPSA) is 61.8 Å². The second kappa shape index (κ2) is 6.97. The summed E-state index contributed by atoms with van der Waals surface area (Å²) >= 11 is 3.37. The van der Waals surface area contributed by atoms with Gasteiger partial charge in [0, 0.05) is 23.0 Å². The molecule has 0 bridgehead atoms. The lowest BCUT2D eigenvalue weighted by Crippen LogP contribution is -2.36. The van der Waals surface area contributed by atoms with Crippen molar-refractivity contribution < 1.29 is 9.59 Å². The molecule has 3 rings (SSSR count). The molecule has 0 saturated carbocycles. The van der Waals surface area contributed by atoms with Crippen molar-refractivity contribution in [2.75, 3.05) is 10.3 Å². The minimum atomic E-state index is -0.292. The fourth-order valence-corrected chi connectivity index (χ4v) is 2.87. The van der Waals surface area contributed by atoms with E-state index >= 15 is 0 Å². The summed E-state index contributed by atoms with van der Waals surface area (Å²) in [5.74, 6) is -0.400. The SMILES string of the molecule is Cc1ccccc1N1N=C(C(=O)Nc2cccc(Br)c2)CCC1=O. The van der Waals surface area contributed by atoms with Crippen LogP contribution < -0.4 is 10.3 Å². The van der Waals surface area contributed by atoms with Gasteiger partial charge in [-0.25, -0.2) is 5.01 Å². The van der Waals surface area contributed by atoms with Gasteiger partial charge in [0.25, 0.3) is 5.91 Å². The van der Waals surface area contributed by atoms with Gasteiger partial charge in [-0.15, -0.1) is 0 Å². The van der Waals surface area contributed by atoms with E-state index in [9.17, 15) is 9.59 Å². The third kappa shape index (κ3) is 3.54. The number of amides is 2. The fraction of sp³-hybridized carbons (Fsp3) is 0.167. The van der Waals surface area contributed by atoms with E-state index in [1.54, 1.807) is 6.07 Å². The van der Waals surface area contributed by atoms with E-state index < -0.39 is 0 Å². The molecule has 1 aliphatic heterocycles. The zero-order chi connectivity index (χ0) is 17.1. The van der Waals surface area contributed by atoms with Crippen molar-refractivity contribution in [3.63, 3.8) is 0 Å². The number of hydrogen-bond acceptors (Lipinski definition) is 3. The van der Waals surface area contributed by atoms with Crippen molar-refractivity contribution in [1.29, 1.82) is 0 Å². The molecular formula is C18H16BrN3O2. The zero-order valence-electron chi connectivity index (χ0n) is 13.1. The van der Waals surface area contributed by atoms with Crippen molar-refractivity contribution in [3.8, 4) is 0 Å². The normalized spacial score (nSPS) is 14.3. The number of para-hydroxylation sites is 1. The first-order valence-electron chi connectivity index (χ1n) is 7.57. The number of benzene rings is 2. The Morgan fingerprint density at radius 3 is 2.71 bits per heavy atom. The van der Waals surface area contributed by atoms with Gasteiger partial charge in [0.2, 0.25) is 5.91 Å². The Balaban J connectivity index is 1.85. The summed E-state index contributed by atoms with van der Waals surface area (Å²) in [4.78, 5) is 24.7. The average molecular weight is 386 g/mol. The largest absolute Gasteiger partial charge is 0.321 e. The number of nitrogens with zero attached hydrogens (tertiary/aromatic N) is 2. The molecule has 24 heavy (non-hydrogen) atoms. The van der Waals surface area contributed by atoms with E-state index in [0.717, 1.165) is 10.0 Å². The predicted molar refractivity (Wildman–Crippen MR) is 98.1 cm³/mol. The van der Waals surface area contributed by atoms with Crippen LogP contribution in [0.5, 0.6) is 0 Å². The zero-order valence-corrected chi connectivity index (χ0v) is 14.7. The molecule has 2 amide bonds. The molecule has 1 heterocycles. The number of carbonyl (C=O) groups is 2. The first kappa shape index (κ1) is 16.4. The molecule has 0 saturated heterocycles. The van der Waals surface area contributed by atoms with Crippen molar-refractivity contribution in [1.82, 2.24) is 0 Å². The predicted octanol–water partition coefficient (Wildman–Crippen LogP) is 3.88. The van der Waals surface area contributed by atoms with Gasteiger partial charge in [0.1, 0.15) is 5.71 Å². The minimum absolute atomic E-state index is 0.108. The Hall–Kier alpha value is -2.47. The van der Waals surface area contributed by atoms with E-state index in [1.807, 2.05) is 49.4 Å². The lowest BCUT2D eigenvalue weighted by molar-refractivity contribution is -0.118. The smallest absolute Gasteiger partial charge is 0.271 e. The van der Waals surface area contributed by atoms with Crippen molar-refractivity contribution in [3.05, 3.63) is 58.6 Å². The van der Waals surface area contributed by atoms with Crippen LogP contribution in [0.2, 0.25) is 0 Å². The fourth-order valence-electron chi connectivity index (χ4n) is 2.48. The highest BCUT2D eigenvalue weighted by Crippen LogP contribution is 2.24. The van der Waals surface area contributed by atoms with E-state index in [2.05, 4.69) is 26.3 Å². The monoisotopic (exact) mass is 385 g/mol. The second-order valence-electron chi connectivity index (χ2n) is 5.50. The molecule has 0 radical (unpaired) electrons. The minimum Gasteiger partial charge on any atom is -0.321 e. The average Bonchev–Trinajstić information content (AvgIpc) is 2.56. The molecule has 0 spiro atoms. The van der Waals surface area contributed by atoms with Gasteiger partial charge in [-0.3, -0.25) is 9.59 Å². The van der Waals surface area contributed by atoms with Gasteiger partial charge in [-0.1, -0.05) is 40.2 Å². The van der Waals surface area contributed by atoms with Crippen LogP contribution in [0.25, 0.3) is 0 Å². The Bertz CT molecular complexity index is 833. The van der Waals surface area contributed by atoms with Gasteiger partial charge < -0.3 is 5.32 Å². The number of anilines is 2. The quantitative estimate of drug-likeness (QED) is 0.871. The first-order chi connectivity index (χ1) is 11.5. The summed E-state index contributed by atoms with van der Waals surface area (Å²) in [7, 11) is 0. The lowest BCUT2D eigenvalue weighted by Gasteiger charge is -2.24. The van der Waals surface area contributed by atoms with Crippen LogP contribution >= 0.6 is 15.9 Å². The number of hydrogen-bond donors (Lipinski definition) is 1. The van der Waals surface area contributed by atoms with Crippen LogP contribution in [0.4, 0.5) is 11.4 Å². The summed E-state index contributed by atoms with van der Waals surface area (Å²) in [5, 5.41) is 8.43. The molecule has 0 unspecified atom stereocenters. The lowest BCUT2D eigenvalue weighted by atomic mass is 10.1. The maximum Gasteiger partial charge on any atom is 0.271 e. The number of rotatable bonds is 3. The van der Waals surface area contributed by atoms with Crippen molar-refractivity contribution in [2.24, 2.45) is 5.10 Å². The van der Waals surface area contributed by atoms with Crippen molar-refractivity contribution >= 4 is 44.8 Å². The van der Waals surface area contributed by atoms with Crippen LogP contribution in [-0.4, -0.2) is 17.5 Å². The molecular weight excluding hydrogens is 370 g/mol. The number of nitrogens with one attached hydrogen (secondary N) is 1. The molecule has 0 atom stereocenters. The third-order valence-electron chi connectivity index (χ3n) is 3.72. The third-order valence-corrected chi connectivity index (χ3v) is 4.21. The van der Waals surface area contributed by atoms with Gasteiger partial charge in [0.05, 0.1) is 5.69 Å². The van der Waals surface area contributed by atoms with Gasteiger partial charge in [0.15, 0.2) is 0 Å². The molecule has 1 aliphatic rings. The molecule has 122 valence electrons. The van der Waals surface area contributed by atoms with E-state index in [1.165, 1.54) is 5.01 Å².